The summed E-state index contributed by atoms with van der Waals surface area (Å²) >= 11 is 0. The Morgan fingerprint density at radius 1 is 1.16 bits per heavy atom. The second-order valence-electron chi connectivity index (χ2n) is 6.79. The van der Waals surface area contributed by atoms with Crippen LogP contribution >= 0.6 is 0 Å². The maximum absolute atomic E-state index is 12.9. The van der Waals surface area contributed by atoms with Gasteiger partial charge in [-0.1, -0.05) is 12.1 Å². The van der Waals surface area contributed by atoms with E-state index in [1.54, 1.807) is 24.3 Å². The largest absolute Gasteiger partial charge is 0.472 e. The average Bonchev–Trinajstić information content (AvgIpc) is 3.30. The summed E-state index contributed by atoms with van der Waals surface area (Å²) in [6.45, 7) is 1.34. The van der Waals surface area contributed by atoms with E-state index in [1.807, 2.05) is 0 Å². The van der Waals surface area contributed by atoms with Crippen molar-refractivity contribution in [1.82, 2.24) is 9.55 Å². The van der Waals surface area contributed by atoms with E-state index in [0.29, 0.717) is 16.6 Å². The lowest BCUT2D eigenvalue weighted by atomic mass is 9.97. The Morgan fingerprint density at radius 2 is 1.84 bits per heavy atom. The fourth-order valence-electron chi connectivity index (χ4n) is 3.46. The number of rotatable bonds is 3. The molecule has 1 aliphatic heterocycles. The molecule has 0 radical (unpaired) electrons. The molecule has 0 spiro atoms. The molecule has 0 amide bonds. The first kappa shape index (κ1) is 20.8. The number of carbonyl (C=O) groups is 1. The summed E-state index contributed by atoms with van der Waals surface area (Å²) in [5.74, 6) is -1.51. The van der Waals surface area contributed by atoms with Crippen LogP contribution in [0.4, 0.5) is 32.3 Å². The quantitative estimate of drug-likeness (QED) is 0.456. The number of alkyl halides is 6. The fraction of sp³-hybridized carbons (Fsp3) is 0.263. The molecular formula is C19H13F6N3O3. The Hall–Kier alpha value is -3.44. The molecule has 3 heterocycles. The average molecular weight is 445 g/mol. The van der Waals surface area contributed by atoms with Crippen molar-refractivity contribution in [2.45, 2.75) is 31.4 Å². The van der Waals surface area contributed by atoms with Crippen molar-refractivity contribution in [1.29, 1.82) is 0 Å². The van der Waals surface area contributed by atoms with Gasteiger partial charge in [-0.25, -0.2) is 9.78 Å². The number of halogens is 6. The second kappa shape index (κ2) is 7.06. The molecule has 3 aromatic rings. The van der Waals surface area contributed by atoms with Gasteiger partial charge in [0.25, 0.3) is 6.10 Å². The summed E-state index contributed by atoms with van der Waals surface area (Å²) in [5.41, 5.74) is 0.881. The lowest BCUT2D eigenvalue weighted by Gasteiger charge is -2.31. The summed E-state index contributed by atoms with van der Waals surface area (Å²) in [6, 6.07) is 7.03. The van der Waals surface area contributed by atoms with Crippen LogP contribution in [-0.4, -0.2) is 34.0 Å². The third kappa shape index (κ3) is 3.62. The zero-order chi connectivity index (χ0) is 22.6. The van der Waals surface area contributed by atoms with E-state index in [9.17, 15) is 31.1 Å². The molecule has 1 aromatic carbocycles. The van der Waals surface area contributed by atoms with Crippen LogP contribution in [0.1, 0.15) is 18.5 Å². The predicted octanol–water partition coefficient (Wildman–Crippen LogP) is 4.95. The molecule has 6 nitrogen and oxygen atoms in total. The first-order valence-corrected chi connectivity index (χ1v) is 8.79. The number of fused-ring (bicyclic) bond motifs is 3. The van der Waals surface area contributed by atoms with Gasteiger partial charge in [-0.2, -0.15) is 26.3 Å². The topological polar surface area (TPSA) is 69.3 Å². The number of hydrogen-bond acceptors (Lipinski definition) is 5. The number of nitrogens with zero attached hydrogens (tertiary/aromatic N) is 2. The number of ether oxygens (including phenoxy) is 1. The number of para-hydroxylation sites is 2. The summed E-state index contributed by atoms with van der Waals surface area (Å²) in [4.78, 5) is 17.1. The molecule has 4 rings (SSSR count). The molecule has 1 atom stereocenters. The summed E-state index contributed by atoms with van der Waals surface area (Å²) in [5, 5.41) is 2.76. The van der Waals surface area contributed by atoms with Crippen LogP contribution in [0.2, 0.25) is 0 Å². The number of aromatic nitrogens is 2. The first-order chi connectivity index (χ1) is 14.5. The van der Waals surface area contributed by atoms with Crippen LogP contribution < -0.4 is 5.32 Å². The van der Waals surface area contributed by atoms with Crippen LogP contribution in [0.5, 0.6) is 0 Å². The molecule has 31 heavy (non-hydrogen) atoms. The van der Waals surface area contributed by atoms with Crippen LogP contribution in [0, 0.1) is 0 Å². The Morgan fingerprint density at radius 3 is 2.45 bits per heavy atom. The van der Waals surface area contributed by atoms with Gasteiger partial charge >= 0.3 is 18.3 Å². The molecule has 2 aromatic heterocycles. The summed E-state index contributed by atoms with van der Waals surface area (Å²) in [6.07, 6.45) is -13.4. The molecule has 0 saturated heterocycles. The van der Waals surface area contributed by atoms with Gasteiger partial charge in [0.2, 0.25) is 5.95 Å². The molecule has 0 aliphatic carbocycles. The minimum atomic E-state index is -5.83. The minimum absolute atomic E-state index is 0.00195. The van der Waals surface area contributed by atoms with Gasteiger partial charge in [0.1, 0.15) is 0 Å². The summed E-state index contributed by atoms with van der Waals surface area (Å²) in [7, 11) is 0. The van der Waals surface area contributed by atoms with E-state index in [2.05, 4.69) is 15.0 Å². The maximum atomic E-state index is 12.9. The normalized spacial score (nSPS) is 17.1. The number of carbonyl (C=O) groups excluding carboxylic acids is 1. The number of hydrogen-bond donors (Lipinski definition) is 1. The molecule has 164 valence electrons. The SMILES string of the molecule is CC1=C(C(=O)OC(C(F)(F)F)C(F)(F)F)C(c2ccoc2)n2c(nc3ccccc32)N1. The lowest BCUT2D eigenvalue weighted by Crippen LogP contribution is -2.46. The van der Waals surface area contributed by atoms with Crippen LogP contribution in [0.3, 0.4) is 0 Å². The van der Waals surface area contributed by atoms with Crippen molar-refractivity contribution >= 4 is 23.0 Å². The van der Waals surface area contributed by atoms with E-state index in [1.165, 1.54) is 30.1 Å². The molecule has 0 bridgehead atoms. The molecular weight excluding hydrogens is 432 g/mol. The van der Waals surface area contributed by atoms with Crippen LogP contribution in [0.25, 0.3) is 11.0 Å². The van der Waals surface area contributed by atoms with E-state index in [4.69, 9.17) is 4.42 Å². The highest BCUT2D eigenvalue weighted by Crippen LogP contribution is 2.42. The maximum Gasteiger partial charge on any atom is 0.434 e. The number of esters is 1. The van der Waals surface area contributed by atoms with Gasteiger partial charge in [-0.15, -0.1) is 0 Å². The van der Waals surface area contributed by atoms with Gasteiger partial charge in [-0.05, 0) is 25.1 Å². The van der Waals surface area contributed by atoms with Crippen molar-refractivity contribution < 1.29 is 40.3 Å². The van der Waals surface area contributed by atoms with Gasteiger partial charge < -0.3 is 14.5 Å². The van der Waals surface area contributed by atoms with Gasteiger partial charge in [0.15, 0.2) is 0 Å². The number of allylic oxidation sites excluding steroid dienone is 1. The minimum Gasteiger partial charge on any atom is -0.472 e. The standard InChI is InChI=1S/C19H13F6N3O3/c1-9-13(15(29)31-16(18(20,21)22)19(23,24)25)14(10-6-7-30-8-10)28-12-5-3-2-4-11(12)27-17(28)26-9/h2-8,14,16H,1H3,(H,26,27). The number of benzene rings is 1. The molecule has 1 aliphatic rings. The number of imidazole rings is 1. The van der Waals surface area contributed by atoms with E-state index in [-0.39, 0.29) is 11.6 Å². The Balaban J connectivity index is 1.83. The third-order valence-corrected chi connectivity index (χ3v) is 4.73. The monoisotopic (exact) mass is 445 g/mol. The highest BCUT2D eigenvalue weighted by Gasteiger charge is 2.60. The van der Waals surface area contributed by atoms with Crippen LogP contribution in [-0.2, 0) is 9.53 Å². The molecule has 0 saturated carbocycles. The number of nitrogens with one attached hydrogen (secondary N) is 1. The summed E-state index contributed by atoms with van der Waals surface area (Å²) < 4.78 is 88.2. The highest BCUT2D eigenvalue weighted by atomic mass is 19.4. The van der Waals surface area contributed by atoms with E-state index in [0.717, 1.165) is 0 Å². The third-order valence-electron chi connectivity index (χ3n) is 4.73. The highest BCUT2D eigenvalue weighted by molar-refractivity contribution is 5.94. The molecule has 1 N–H and O–H groups in total. The molecule has 12 heteroatoms. The van der Waals surface area contributed by atoms with Crippen molar-refractivity contribution in [2.75, 3.05) is 5.32 Å². The lowest BCUT2D eigenvalue weighted by molar-refractivity contribution is -0.312. The molecule has 1 unspecified atom stereocenters. The van der Waals surface area contributed by atoms with Crippen molar-refractivity contribution in [3.05, 3.63) is 59.7 Å². The second-order valence-corrected chi connectivity index (χ2v) is 6.79. The Labute approximate surface area is 170 Å². The molecule has 0 fully saturated rings. The van der Waals surface area contributed by atoms with E-state index >= 15 is 0 Å². The zero-order valence-corrected chi connectivity index (χ0v) is 15.6. The Kier molecular flexibility index (Phi) is 4.74. The van der Waals surface area contributed by atoms with Crippen molar-refractivity contribution in [3.8, 4) is 0 Å². The number of furan rings is 1. The Bertz CT molecular complexity index is 1150. The van der Waals surface area contributed by atoms with Crippen LogP contribution in [0.15, 0.2) is 58.5 Å². The smallest absolute Gasteiger partial charge is 0.434 e. The van der Waals surface area contributed by atoms with Gasteiger partial charge in [-0.3, -0.25) is 4.57 Å². The fourth-order valence-corrected chi connectivity index (χ4v) is 3.46. The van der Waals surface area contributed by atoms with Crippen molar-refractivity contribution in [2.24, 2.45) is 0 Å². The zero-order valence-electron chi connectivity index (χ0n) is 15.6. The predicted molar refractivity (Wildman–Crippen MR) is 94.9 cm³/mol. The van der Waals surface area contributed by atoms with E-state index < -0.39 is 36.0 Å². The van der Waals surface area contributed by atoms with Gasteiger partial charge in [0, 0.05) is 11.3 Å². The first-order valence-electron chi connectivity index (χ1n) is 8.79. The van der Waals surface area contributed by atoms with Gasteiger partial charge in [0.05, 0.1) is 35.2 Å². The van der Waals surface area contributed by atoms with Crippen molar-refractivity contribution in [3.63, 3.8) is 0 Å². The number of anilines is 1.